The summed E-state index contributed by atoms with van der Waals surface area (Å²) in [4.78, 5) is 0. The molecule has 0 aliphatic rings. The third-order valence-corrected chi connectivity index (χ3v) is 2.82. The van der Waals surface area contributed by atoms with E-state index < -0.39 is 6.10 Å². The average molecular weight is 236 g/mol. The minimum Gasteiger partial charge on any atom is -0.386 e. The first-order valence-corrected chi connectivity index (χ1v) is 6.21. The Labute approximate surface area is 105 Å². The monoisotopic (exact) mass is 236 g/mol. The summed E-state index contributed by atoms with van der Waals surface area (Å²) in [6, 6.07) is 7.88. The molecule has 96 valence electrons. The summed E-state index contributed by atoms with van der Waals surface area (Å²) in [5, 5.41) is 10.0. The van der Waals surface area contributed by atoms with E-state index in [-0.39, 0.29) is 5.41 Å². The fraction of sp³-hybridized carbons (Fsp3) is 0.600. The maximum Gasteiger partial charge on any atom is 0.103 e. The van der Waals surface area contributed by atoms with Gasteiger partial charge in [0, 0.05) is 6.61 Å². The first-order chi connectivity index (χ1) is 7.90. The molecule has 1 atom stereocenters. The van der Waals surface area contributed by atoms with Crippen molar-refractivity contribution in [2.45, 2.75) is 40.2 Å². The molecule has 1 aromatic carbocycles. The molecule has 2 nitrogen and oxygen atoms in total. The highest BCUT2D eigenvalue weighted by atomic mass is 16.5. The molecule has 0 saturated heterocycles. The van der Waals surface area contributed by atoms with Gasteiger partial charge in [-0.05, 0) is 29.9 Å². The molecule has 0 spiro atoms. The van der Waals surface area contributed by atoms with Crippen LogP contribution in [0, 0.1) is 12.3 Å². The Morgan fingerprint density at radius 1 is 1.24 bits per heavy atom. The third-order valence-electron chi connectivity index (χ3n) is 2.82. The number of aliphatic hydroxyl groups is 1. The predicted molar refractivity (Wildman–Crippen MR) is 71.0 cm³/mol. The van der Waals surface area contributed by atoms with Crippen molar-refractivity contribution in [3.63, 3.8) is 0 Å². The van der Waals surface area contributed by atoms with Crippen LogP contribution in [0.2, 0.25) is 0 Å². The van der Waals surface area contributed by atoms with Crippen LogP contribution in [0.5, 0.6) is 0 Å². The summed E-state index contributed by atoms with van der Waals surface area (Å²) in [6.07, 6.45) is 0.490. The van der Waals surface area contributed by atoms with Gasteiger partial charge in [-0.3, -0.25) is 0 Å². The summed E-state index contributed by atoms with van der Waals surface area (Å²) < 4.78 is 5.53. The predicted octanol–water partition coefficient (Wildman–Crippen LogP) is 3.48. The van der Waals surface area contributed by atoms with E-state index in [9.17, 15) is 5.11 Å². The number of aryl methyl sites for hydroxylation is 1. The standard InChI is InChI=1S/C15H24O2/c1-12-7-5-6-8-13(12)14(16)11-17-10-9-15(2,3)4/h5-8,14,16H,9-11H2,1-4H3. The van der Waals surface area contributed by atoms with Gasteiger partial charge in [-0.15, -0.1) is 0 Å². The first-order valence-electron chi connectivity index (χ1n) is 6.21. The van der Waals surface area contributed by atoms with Crippen LogP contribution < -0.4 is 0 Å². The van der Waals surface area contributed by atoms with E-state index in [0.717, 1.165) is 17.5 Å². The molecule has 1 rings (SSSR count). The van der Waals surface area contributed by atoms with Gasteiger partial charge in [0.25, 0.3) is 0 Å². The molecule has 0 bridgehead atoms. The van der Waals surface area contributed by atoms with Crippen molar-refractivity contribution in [3.05, 3.63) is 35.4 Å². The molecule has 1 N–H and O–H groups in total. The summed E-state index contributed by atoms with van der Waals surface area (Å²) in [7, 11) is 0. The SMILES string of the molecule is Cc1ccccc1C(O)COCCC(C)(C)C. The summed E-state index contributed by atoms with van der Waals surface area (Å²) in [5.41, 5.74) is 2.36. The van der Waals surface area contributed by atoms with Gasteiger partial charge in [0.1, 0.15) is 6.10 Å². The molecule has 0 saturated carbocycles. The minimum atomic E-state index is -0.517. The van der Waals surface area contributed by atoms with Crippen LogP contribution in [0.25, 0.3) is 0 Å². The Morgan fingerprint density at radius 3 is 2.47 bits per heavy atom. The molecular formula is C15H24O2. The van der Waals surface area contributed by atoms with Gasteiger partial charge in [0.05, 0.1) is 6.61 Å². The lowest BCUT2D eigenvalue weighted by molar-refractivity contribution is 0.0260. The molecule has 1 unspecified atom stereocenters. The summed E-state index contributed by atoms with van der Waals surface area (Å²) >= 11 is 0. The number of hydrogen-bond acceptors (Lipinski definition) is 2. The molecule has 0 amide bonds. The van der Waals surface area contributed by atoms with Crippen LogP contribution in [0.15, 0.2) is 24.3 Å². The van der Waals surface area contributed by atoms with Gasteiger partial charge in [-0.1, -0.05) is 45.0 Å². The van der Waals surface area contributed by atoms with Crippen molar-refractivity contribution in [1.29, 1.82) is 0 Å². The molecule has 1 aromatic rings. The first kappa shape index (κ1) is 14.2. The van der Waals surface area contributed by atoms with Crippen LogP contribution in [0.1, 0.15) is 44.4 Å². The van der Waals surface area contributed by atoms with Crippen LogP contribution >= 0.6 is 0 Å². The topological polar surface area (TPSA) is 29.5 Å². The number of aliphatic hydroxyl groups excluding tert-OH is 1. The Morgan fingerprint density at radius 2 is 1.88 bits per heavy atom. The van der Waals surface area contributed by atoms with Crippen LogP contribution in [-0.4, -0.2) is 18.3 Å². The second kappa shape index (κ2) is 6.18. The number of rotatable bonds is 5. The van der Waals surface area contributed by atoms with Crippen molar-refractivity contribution >= 4 is 0 Å². The lowest BCUT2D eigenvalue weighted by Gasteiger charge is -2.19. The van der Waals surface area contributed by atoms with Gasteiger partial charge in [-0.25, -0.2) is 0 Å². The maximum absolute atomic E-state index is 10.0. The van der Waals surface area contributed by atoms with Crippen molar-refractivity contribution in [2.24, 2.45) is 5.41 Å². The lowest BCUT2D eigenvalue weighted by Crippen LogP contribution is -2.13. The zero-order chi connectivity index (χ0) is 12.9. The Bertz CT molecular complexity index is 339. The number of hydrogen-bond donors (Lipinski definition) is 1. The summed E-state index contributed by atoms with van der Waals surface area (Å²) in [6.45, 7) is 9.65. The normalized spacial score (nSPS) is 13.7. The second-order valence-corrected chi connectivity index (χ2v) is 5.76. The van der Waals surface area contributed by atoms with E-state index in [2.05, 4.69) is 20.8 Å². The quantitative estimate of drug-likeness (QED) is 0.793. The average Bonchev–Trinajstić information content (AvgIpc) is 2.23. The second-order valence-electron chi connectivity index (χ2n) is 5.76. The highest BCUT2D eigenvalue weighted by molar-refractivity contribution is 5.27. The van der Waals surface area contributed by atoms with E-state index in [4.69, 9.17) is 4.74 Å². The zero-order valence-electron chi connectivity index (χ0n) is 11.4. The van der Waals surface area contributed by atoms with E-state index >= 15 is 0 Å². The van der Waals surface area contributed by atoms with Gasteiger partial charge >= 0.3 is 0 Å². The van der Waals surface area contributed by atoms with Crippen molar-refractivity contribution in [1.82, 2.24) is 0 Å². The Hall–Kier alpha value is -0.860. The molecule has 0 aliphatic heterocycles. The van der Waals surface area contributed by atoms with E-state index in [1.165, 1.54) is 0 Å². The molecule has 0 heterocycles. The molecule has 0 radical (unpaired) electrons. The Kier molecular flexibility index (Phi) is 5.16. The number of ether oxygens (including phenoxy) is 1. The van der Waals surface area contributed by atoms with Gasteiger partial charge in [0.2, 0.25) is 0 Å². The Balaban J connectivity index is 2.36. The largest absolute Gasteiger partial charge is 0.386 e. The van der Waals surface area contributed by atoms with Crippen molar-refractivity contribution in [2.75, 3.05) is 13.2 Å². The van der Waals surface area contributed by atoms with Crippen molar-refractivity contribution < 1.29 is 9.84 Å². The van der Waals surface area contributed by atoms with Crippen LogP contribution in [0.3, 0.4) is 0 Å². The highest BCUT2D eigenvalue weighted by Gasteiger charge is 2.12. The van der Waals surface area contributed by atoms with E-state index in [1.54, 1.807) is 0 Å². The van der Waals surface area contributed by atoms with Crippen molar-refractivity contribution in [3.8, 4) is 0 Å². The van der Waals surface area contributed by atoms with E-state index in [0.29, 0.717) is 13.2 Å². The third kappa shape index (κ3) is 5.33. The smallest absolute Gasteiger partial charge is 0.103 e. The van der Waals surface area contributed by atoms with Gasteiger partial charge in [-0.2, -0.15) is 0 Å². The number of benzene rings is 1. The minimum absolute atomic E-state index is 0.285. The molecule has 2 heteroatoms. The molecule has 0 aromatic heterocycles. The maximum atomic E-state index is 10.0. The van der Waals surface area contributed by atoms with E-state index in [1.807, 2.05) is 31.2 Å². The molecule has 17 heavy (non-hydrogen) atoms. The summed E-state index contributed by atoms with van der Waals surface area (Å²) in [5.74, 6) is 0. The lowest BCUT2D eigenvalue weighted by atomic mass is 9.93. The fourth-order valence-electron chi connectivity index (χ4n) is 1.62. The highest BCUT2D eigenvalue weighted by Crippen LogP contribution is 2.20. The van der Waals surface area contributed by atoms with Gasteiger partial charge < -0.3 is 9.84 Å². The van der Waals surface area contributed by atoms with Crippen LogP contribution in [-0.2, 0) is 4.74 Å². The fourth-order valence-corrected chi connectivity index (χ4v) is 1.62. The van der Waals surface area contributed by atoms with Gasteiger partial charge in [0.15, 0.2) is 0 Å². The molecule has 0 aliphatic carbocycles. The van der Waals surface area contributed by atoms with Crippen LogP contribution in [0.4, 0.5) is 0 Å². The zero-order valence-corrected chi connectivity index (χ0v) is 11.4. The molecule has 0 fully saturated rings. The molecular weight excluding hydrogens is 212 g/mol.